The van der Waals surface area contributed by atoms with Gasteiger partial charge in [-0.05, 0) is 59.2 Å². The summed E-state index contributed by atoms with van der Waals surface area (Å²) >= 11 is 12.3. The lowest BCUT2D eigenvalue weighted by Crippen LogP contribution is -2.05. The number of hydrogen-bond acceptors (Lipinski definition) is 2. The van der Waals surface area contributed by atoms with Gasteiger partial charge in [0, 0.05) is 11.4 Å². The highest BCUT2D eigenvalue weighted by Gasteiger charge is 2.12. The molecule has 0 aromatic heterocycles. The minimum Gasteiger partial charge on any atom is -0.496 e. The molecule has 0 saturated heterocycles. The van der Waals surface area contributed by atoms with Crippen LogP contribution >= 0.6 is 23.2 Å². The van der Waals surface area contributed by atoms with E-state index in [1.807, 2.05) is 18.2 Å². The Morgan fingerprint density at radius 2 is 1.66 bits per heavy atom. The molecule has 2 aromatic carbocycles. The molecule has 1 atom stereocenters. The summed E-state index contributed by atoms with van der Waals surface area (Å²) < 4.78 is 11.5. The van der Waals surface area contributed by atoms with Gasteiger partial charge < -0.3 is 9.47 Å². The van der Waals surface area contributed by atoms with Crippen molar-refractivity contribution in [2.45, 2.75) is 58.2 Å². The van der Waals surface area contributed by atoms with E-state index in [0.717, 1.165) is 52.7 Å². The van der Waals surface area contributed by atoms with Crippen LogP contribution in [0.3, 0.4) is 0 Å². The van der Waals surface area contributed by atoms with Crippen molar-refractivity contribution in [1.82, 2.24) is 0 Å². The van der Waals surface area contributed by atoms with Crippen molar-refractivity contribution in [3.8, 4) is 22.6 Å². The molecule has 0 N–H and O–H groups in total. The van der Waals surface area contributed by atoms with Crippen LogP contribution in [-0.2, 0) is 11.8 Å². The smallest absolute Gasteiger partial charge is 0.123 e. The fraction of sp³-hybridized carbons (Fsp3) is 0.520. The first kappa shape index (κ1) is 23.9. The van der Waals surface area contributed by atoms with Crippen molar-refractivity contribution in [3.63, 3.8) is 0 Å². The Hall–Kier alpha value is -1.38. The molecule has 2 rings (SSSR count). The number of ether oxygens (including phenoxy) is 2. The van der Waals surface area contributed by atoms with Crippen LogP contribution in [-0.4, -0.2) is 13.7 Å². The van der Waals surface area contributed by atoms with Crippen LogP contribution in [0.4, 0.5) is 0 Å². The summed E-state index contributed by atoms with van der Waals surface area (Å²) in [6, 6.07) is 12.3. The molecule has 0 amide bonds. The molecule has 160 valence electrons. The molecule has 2 nitrogen and oxygen atoms in total. The third-order valence-corrected chi connectivity index (χ3v) is 5.87. The Kier molecular flexibility index (Phi) is 10.2. The highest BCUT2D eigenvalue weighted by atomic mass is 35.5. The summed E-state index contributed by atoms with van der Waals surface area (Å²) in [5, 5.41) is 0. The molecule has 2 aromatic rings. The lowest BCUT2D eigenvalue weighted by Gasteiger charge is -2.15. The second-order valence-electron chi connectivity index (χ2n) is 8.18. The molecule has 0 radical (unpaired) electrons. The number of benzene rings is 2. The van der Waals surface area contributed by atoms with Crippen molar-refractivity contribution in [1.29, 1.82) is 0 Å². The SMILES string of the molecule is COc1cc(CCl)c(-c2cccc(OCCC(C)CCCC(C)C)c2)cc1CCl. The fourth-order valence-corrected chi connectivity index (χ4v) is 3.92. The molecule has 0 aliphatic carbocycles. The predicted molar refractivity (Wildman–Crippen MR) is 126 cm³/mol. The number of halogens is 2. The average molecular weight is 437 g/mol. The lowest BCUT2D eigenvalue weighted by molar-refractivity contribution is 0.276. The van der Waals surface area contributed by atoms with E-state index >= 15 is 0 Å². The van der Waals surface area contributed by atoms with Crippen LogP contribution in [0.2, 0.25) is 0 Å². The summed E-state index contributed by atoms with van der Waals surface area (Å²) in [5.74, 6) is 3.94. The van der Waals surface area contributed by atoms with Gasteiger partial charge in [-0.1, -0.05) is 52.2 Å². The molecular formula is C25H34Cl2O2. The zero-order valence-corrected chi connectivity index (χ0v) is 19.7. The molecule has 0 heterocycles. The topological polar surface area (TPSA) is 18.5 Å². The maximum absolute atomic E-state index is 6.21. The van der Waals surface area contributed by atoms with Gasteiger partial charge in [-0.25, -0.2) is 0 Å². The average Bonchev–Trinajstić information content (AvgIpc) is 2.72. The molecule has 0 spiro atoms. The number of methoxy groups -OCH3 is 1. The van der Waals surface area contributed by atoms with E-state index in [-0.39, 0.29) is 0 Å². The summed E-state index contributed by atoms with van der Waals surface area (Å²) in [5.41, 5.74) is 4.13. The van der Waals surface area contributed by atoms with E-state index < -0.39 is 0 Å². The summed E-state index contributed by atoms with van der Waals surface area (Å²) in [4.78, 5) is 0. The Bertz CT molecular complexity index is 758. The van der Waals surface area contributed by atoms with Gasteiger partial charge in [0.25, 0.3) is 0 Å². The highest BCUT2D eigenvalue weighted by Crippen LogP contribution is 2.34. The molecule has 0 aliphatic heterocycles. The zero-order chi connectivity index (χ0) is 21.2. The maximum atomic E-state index is 6.21. The van der Waals surface area contributed by atoms with Gasteiger partial charge in [0.05, 0.1) is 19.6 Å². The zero-order valence-electron chi connectivity index (χ0n) is 18.1. The van der Waals surface area contributed by atoms with Gasteiger partial charge in [0.2, 0.25) is 0 Å². The van der Waals surface area contributed by atoms with Gasteiger partial charge in [0.1, 0.15) is 11.5 Å². The Morgan fingerprint density at radius 3 is 2.31 bits per heavy atom. The van der Waals surface area contributed by atoms with Gasteiger partial charge in [0.15, 0.2) is 0 Å². The van der Waals surface area contributed by atoms with Gasteiger partial charge in [-0.15, -0.1) is 23.2 Å². The minimum absolute atomic E-state index is 0.392. The molecule has 0 saturated carbocycles. The van der Waals surface area contributed by atoms with E-state index in [0.29, 0.717) is 17.7 Å². The molecule has 0 fully saturated rings. The second kappa shape index (κ2) is 12.3. The first-order valence-electron chi connectivity index (χ1n) is 10.5. The van der Waals surface area contributed by atoms with E-state index in [1.165, 1.54) is 19.3 Å². The first-order chi connectivity index (χ1) is 14.0. The van der Waals surface area contributed by atoms with Crippen molar-refractivity contribution in [3.05, 3.63) is 47.5 Å². The van der Waals surface area contributed by atoms with Crippen LogP contribution in [0.1, 0.15) is 57.6 Å². The van der Waals surface area contributed by atoms with Crippen molar-refractivity contribution in [2.75, 3.05) is 13.7 Å². The Balaban J connectivity index is 2.04. The third-order valence-electron chi connectivity index (χ3n) is 5.30. The summed E-state index contributed by atoms with van der Waals surface area (Å²) in [6.45, 7) is 7.63. The number of alkyl halides is 2. The van der Waals surface area contributed by atoms with Crippen LogP contribution < -0.4 is 9.47 Å². The van der Waals surface area contributed by atoms with Gasteiger partial charge >= 0.3 is 0 Å². The molecular weight excluding hydrogens is 403 g/mol. The van der Waals surface area contributed by atoms with Crippen molar-refractivity contribution >= 4 is 23.2 Å². The van der Waals surface area contributed by atoms with E-state index in [4.69, 9.17) is 32.7 Å². The molecule has 0 bridgehead atoms. The van der Waals surface area contributed by atoms with Gasteiger partial charge in [-0.3, -0.25) is 0 Å². The normalized spacial score (nSPS) is 12.2. The highest BCUT2D eigenvalue weighted by molar-refractivity contribution is 6.18. The van der Waals surface area contributed by atoms with Crippen LogP contribution in [0.15, 0.2) is 36.4 Å². The second-order valence-corrected chi connectivity index (χ2v) is 8.72. The van der Waals surface area contributed by atoms with E-state index in [2.05, 4.69) is 39.0 Å². The molecule has 29 heavy (non-hydrogen) atoms. The monoisotopic (exact) mass is 436 g/mol. The quantitative estimate of drug-likeness (QED) is 0.313. The molecule has 4 heteroatoms. The predicted octanol–water partition coefficient (Wildman–Crippen LogP) is 8.07. The maximum Gasteiger partial charge on any atom is 0.123 e. The number of rotatable bonds is 12. The number of hydrogen-bond donors (Lipinski definition) is 0. The lowest BCUT2D eigenvalue weighted by atomic mass is 9.97. The van der Waals surface area contributed by atoms with Gasteiger partial charge in [-0.2, -0.15) is 0 Å². The van der Waals surface area contributed by atoms with E-state index in [9.17, 15) is 0 Å². The van der Waals surface area contributed by atoms with E-state index in [1.54, 1.807) is 7.11 Å². The van der Waals surface area contributed by atoms with Crippen LogP contribution in [0.5, 0.6) is 11.5 Å². The molecule has 1 unspecified atom stereocenters. The largest absolute Gasteiger partial charge is 0.496 e. The van der Waals surface area contributed by atoms with Crippen LogP contribution in [0.25, 0.3) is 11.1 Å². The van der Waals surface area contributed by atoms with Crippen molar-refractivity contribution in [2.24, 2.45) is 11.8 Å². The van der Waals surface area contributed by atoms with Crippen molar-refractivity contribution < 1.29 is 9.47 Å². The fourth-order valence-electron chi connectivity index (χ4n) is 3.49. The summed E-state index contributed by atoms with van der Waals surface area (Å²) in [6.07, 6.45) is 4.96. The standard InChI is InChI=1S/C25H34Cl2O2/c1-18(2)7-5-8-19(3)11-12-29-23-10-6-9-20(13-23)24-14-22(17-27)25(28-4)15-21(24)16-26/h6,9-10,13-15,18-19H,5,7-8,11-12,16-17H2,1-4H3. The Labute approximate surface area is 186 Å². The summed E-state index contributed by atoms with van der Waals surface area (Å²) in [7, 11) is 1.65. The minimum atomic E-state index is 0.392. The third kappa shape index (κ3) is 7.42. The van der Waals surface area contributed by atoms with Crippen LogP contribution in [0, 0.1) is 11.8 Å². The Morgan fingerprint density at radius 1 is 0.897 bits per heavy atom. The first-order valence-corrected chi connectivity index (χ1v) is 11.6. The molecule has 0 aliphatic rings.